The fourth-order valence-corrected chi connectivity index (χ4v) is 5.63. The number of rotatable bonds is 4. The van der Waals surface area contributed by atoms with Gasteiger partial charge in [-0.1, -0.05) is 6.07 Å². The van der Waals surface area contributed by atoms with Gasteiger partial charge in [0, 0.05) is 37.9 Å². The van der Waals surface area contributed by atoms with Gasteiger partial charge >= 0.3 is 0 Å². The van der Waals surface area contributed by atoms with Crippen LogP contribution in [0.15, 0.2) is 36.5 Å². The summed E-state index contributed by atoms with van der Waals surface area (Å²) in [6.45, 7) is 1.09. The number of imidazole rings is 1. The van der Waals surface area contributed by atoms with Crippen LogP contribution >= 0.6 is 0 Å². The van der Waals surface area contributed by atoms with Crippen molar-refractivity contribution in [2.24, 2.45) is 7.05 Å². The Labute approximate surface area is 204 Å². The summed E-state index contributed by atoms with van der Waals surface area (Å²) in [4.78, 5) is 39.4. The summed E-state index contributed by atoms with van der Waals surface area (Å²) in [6.07, 6.45) is 7.01. The van der Waals surface area contributed by atoms with Gasteiger partial charge in [0.2, 0.25) is 5.91 Å². The van der Waals surface area contributed by atoms with Gasteiger partial charge in [-0.05, 0) is 74.3 Å². The van der Waals surface area contributed by atoms with Crippen molar-refractivity contribution in [3.63, 3.8) is 0 Å². The lowest BCUT2D eigenvalue weighted by molar-refractivity contribution is -0.138. The Morgan fingerprint density at radius 3 is 2.54 bits per heavy atom. The molecule has 35 heavy (non-hydrogen) atoms. The fraction of sp³-hybridized carbons (Fsp3) is 0.481. The molecule has 182 valence electrons. The van der Waals surface area contributed by atoms with E-state index in [1.807, 2.05) is 34.7 Å². The number of piperazine rings is 1. The minimum Gasteiger partial charge on any atom is -0.393 e. The van der Waals surface area contributed by atoms with Crippen LogP contribution in [-0.2, 0) is 11.8 Å². The molecule has 0 atom stereocenters. The van der Waals surface area contributed by atoms with Gasteiger partial charge in [-0.25, -0.2) is 4.98 Å². The van der Waals surface area contributed by atoms with Gasteiger partial charge in [0.05, 0.1) is 22.8 Å². The molecule has 2 saturated carbocycles. The van der Waals surface area contributed by atoms with Crippen molar-refractivity contribution >= 4 is 22.8 Å². The van der Waals surface area contributed by atoms with Crippen LogP contribution in [0.25, 0.3) is 22.3 Å². The fourth-order valence-electron chi connectivity index (χ4n) is 5.63. The largest absolute Gasteiger partial charge is 0.393 e. The number of aliphatic hydroxyl groups excluding tert-OH is 1. The molecule has 1 aliphatic heterocycles. The van der Waals surface area contributed by atoms with Crippen LogP contribution in [0.4, 0.5) is 0 Å². The molecular formula is C27H31N5O3. The lowest BCUT2D eigenvalue weighted by Crippen LogP contribution is -2.56. The quantitative estimate of drug-likeness (QED) is 0.629. The zero-order chi connectivity index (χ0) is 24.1. The molecule has 0 unspecified atom stereocenters. The molecule has 6 rings (SSSR count). The average Bonchev–Trinajstić information content (AvgIpc) is 3.68. The molecule has 3 aromatic rings. The Kier molecular flexibility index (Phi) is 5.56. The van der Waals surface area contributed by atoms with E-state index >= 15 is 0 Å². The Bertz CT molecular complexity index is 1270. The lowest BCUT2D eigenvalue weighted by atomic mass is 9.91. The minimum absolute atomic E-state index is 0.0186. The third kappa shape index (κ3) is 4.10. The first-order valence-corrected chi connectivity index (χ1v) is 12.7. The molecule has 3 fully saturated rings. The highest BCUT2D eigenvalue weighted by Gasteiger charge is 2.35. The van der Waals surface area contributed by atoms with E-state index in [0.29, 0.717) is 24.8 Å². The molecule has 3 heterocycles. The van der Waals surface area contributed by atoms with Gasteiger partial charge in [-0.15, -0.1) is 0 Å². The van der Waals surface area contributed by atoms with Gasteiger partial charge in [-0.2, -0.15) is 0 Å². The third-order valence-electron chi connectivity index (χ3n) is 7.84. The Morgan fingerprint density at radius 2 is 1.86 bits per heavy atom. The molecular weight excluding hydrogens is 442 g/mol. The maximum absolute atomic E-state index is 13.6. The van der Waals surface area contributed by atoms with Crippen molar-refractivity contribution in [1.82, 2.24) is 24.3 Å². The number of hydrogen-bond acceptors (Lipinski definition) is 5. The summed E-state index contributed by atoms with van der Waals surface area (Å²) in [5, 5.41) is 9.79. The molecule has 0 radical (unpaired) electrons. The van der Waals surface area contributed by atoms with E-state index < -0.39 is 0 Å². The van der Waals surface area contributed by atoms with E-state index in [1.54, 1.807) is 11.1 Å². The van der Waals surface area contributed by atoms with Crippen LogP contribution in [0, 0.1) is 0 Å². The number of aryl methyl sites for hydroxylation is 1. The number of aliphatic hydroxyl groups is 1. The molecule has 1 saturated heterocycles. The van der Waals surface area contributed by atoms with E-state index in [1.165, 1.54) is 18.4 Å². The summed E-state index contributed by atoms with van der Waals surface area (Å²) >= 11 is 0. The molecule has 2 amide bonds. The molecule has 0 spiro atoms. The normalized spacial score (nSPS) is 23.2. The van der Waals surface area contributed by atoms with Crippen molar-refractivity contribution in [2.75, 3.05) is 19.6 Å². The topological polar surface area (TPSA) is 91.6 Å². The predicted molar refractivity (Wildman–Crippen MR) is 132 cm³/mol. The maximum atomic E-state index is 13.6. The summed E-state index contributed by atoms with van der Waals surface area (Å²) in [7, 11) is 1.88. The van der Waals surface area contributed by atoms with E-state index in [0.717, 1.165) is 48.0 Å². The second-order valence-electron chi connectivity index (χ2n) is 10.2. The van der Waals surface area contributed by atoms with Crippen LogP contribution in [0.2, 0.25) is 0 Å². The van der Waals surface area contributed by atoms with Gasteiger partial charge in [0.1, 0.15) is 6.54 Å². The Morgan fingerprint density at radius 1 is 1.06 bits per heavy atom. The van der Waals surface area contributed by atoms with Crippen molar-refractivity contribution in [1.29, 1.82) is 0 Å². The predicted octanol–water partition coefficient (Wildman–Crippen LogP) is 3.10. The number of amides is 2. The highest BCUT2D eigenvalue weighted by Crippen LogP contribution is 2.43. The van der Waals surface area contributed by atoms with Crippen molar-refractivity contribution < 1.29 is 14.7 Å². The highest BCUT2D eigenvalue weighted by atomic mass is 16.3. The number of carbonyl (C=O) groups is 2. The Balaban J connectivity index is 1.29. The molecule has 8 nitrogen and oxygen atoms in total. The molecule has 1 aromatic carbocycles. The monoisotopic (exact) mass is 473 g/mol. The standard InChI is InChI=1S/C27H31N5O3/c1-30-23-15-18(17-5-6-17)14-21(22-4-2-3-11-28-22)25(23)29-26(30)27(35)31-12-13-32(24(34)16-31)19-7-9-20(33)10-8-19/h2-4,11,14-15,17,19-20,33H,5-10,12-13,16H2,1H3. The van der Waals surface area contributed by atoms with E-state index in [2.05, 4.69) is 17.1 Å². The zero-order valence-corrected chi connectivity index (χ0v) is 20.1. The maximum Gasteiger partial charge on any atom is 0.290 e. The van der Waals surface area contributed by atoms with Gasteiger partial charge in [-0.3, -0.25) is 14.6 Å². The Hall–Kier alpha value is -3.26. The van der Waals surface area contributed by atoms with E-state index in [9.17, 15) is 14.7 Å². The SMILES string of the molecule is Cn1c(C(=O)N2CCN(C3CCC(O)CC3)C(=O)C2)nc2c(-c3ccccn3)cc(C3CC3)cc21. The number of hydrogen-bond donors (Lipinski definition) is 1. The number of benzene rings is 1. The third-order valence-corrected chi connectivity index (χ3v) is 7.84. The van der Waals surface area contributed by atoms with Gasteiger partial charge in [0.25, 0.3) is 5.91 Å². The summed E-state index contributed by atoms with van der Waals surface area (Å²) in [5.74, 6) is 0.681. The lowest BCUT2D eigenvalue weighted by Gasteiger charge is -2.41. The van der Waals surface area contributed by atoms with Crippen molar-refractivity contribution in [3.05, 3.63) is 47.9 Å². The first-order chi connectivity index (χ1) is 17.0. The van der Waals surface area contributed by atoms with Crippen LogP contribution in [0.5, 0.6) is 0 Å². The van der Waals surface area contributed by atoms with E-state index in [-0.39, 0.29) is 30.5 Å². The zero-order valence-electron chi connectivity index (χ0n) is 20.1. The van der Waals surface area contributed by atoms with Crippen molar-refractivity contribution in [3.8, 4) is 11.3 Å². The summed E-state index contributed by atoms with van der Waals surface area (Å²) < 4.78 is 1.87. The first kappa shape index (κ1) is 22.2. The second-order valence-corrected chi connectivity index (χ2v) is 10.2. The minimum atomic E-state index is -0.252. The highest BCUT2D eigenvalue weighted by molar-refractivity contribution is 6.00. The molecule has 1 N–H and O–H groups in total. The van der Waals surface area contributed by atoms with E-state index in [4.69, 9.17) is 4.98 Å². The van der Waals surface area contributed by atoms with Gasteiger partial charge < -0.3 is 19.5 Å². The number of pyridine rings is 1. The van der Waals surface area contributed by atoms with Crippen LogP contribution in [0.3, 0.4) is 0 Å². The van der Waals surface area contributed by atoms with Crippen LogP contribution in [-0.4, -0.2) is 73.0 Å². The molecule has 3 aliphatic rings. The summed E-state index contributed by atoms with van der Waals surface area (Å²) in [6, 6.07) is 10.3. The second kappa shape index (κ2) is 8.75. The summed E-state index contributed by atoms with van der Waals surface area (Å²) in [5.41, 5.74) is 4.74. The molecule has 2 aliphatic carbocycles. The van der Waals surface area contributed by atoms with Gasteiger partial charge in [0.15, 0.2) is 5.82 Å². The number of fused-ring (bicyclic) bond motifs is 1. The number of carbonyl (C=O) groups excluding carboxylic acids is 2. The van der Waals surface area contributed by atoms with Crippen LogP contribution in [0.1, 0.15) is 60.6 Å². The molecule has 8 heteroatoms. The van der Waals surface area contributed by atoms with Crippen LogP contribution < -0.4 is 0 Å². The smallest absolute Gasteiger partial charge is 0.290 e. The molecule has 0 bridgehead atoms. The average molecular weight is 474 g/mol. The number of nitrogens with zero attached hydrogens (tertiary/aromatic N) is 5. The molecule has 2 aromatic heterocycles. The first-order valence-electron chi connectivity index (χ1n) is 12.7. The number of aromatic nitrogens is 3. The van der Waals surface area contributed by atoms with Crippen molar-refractivity contribution in [2.45, 2.75) is 56.6 Å².